The molecule has 1 aliphatic rings. The Labute approximate surface area is 91.6 Å². The van der Waals surface area contributed by atoms with Crippen LogP contribution in [0.15, 0.2) is 29.2 Å². The van der Waals surface area contributed by atoms with Crippen molar-refractivity contribution in [2.24, 2.45) is 5.92 Å². The molecule has 0 aromatic heterocycles. The zero-order valence-corrected chi connectivity index (χ0v) is 8.95. The van der Waals surface area contributed by atoms with E-state index in [0.29, 0.717) is 0 Å². The second-order valence-electron chi connectivity index (χ2n) is 3.72. The maximum Gasteiger partial charge on any atom is 0.307 e. The van der Waals surface area contributed by atoms with Gasteiger partial charge in [0.2, 0.25) is 0 Å². The van der Waals surface area contributed by atoms with E-state index in [0.717, 1.165) is 24.3 Å². The van der Waals surface area contributed by atoms with Crippen molar-refractivity contribution in [3.8, 4) is 0 Å². The van der Waals surface area contributed by atoms with Gasteiger partial charge in [0.1, 0.15) is 5.82 Å². The number of carboxylic acid groups (broad SMARTS) is 1. The van der Waals surface area contributed by atoms with Gasteiger partial charge in [0, 0.05) is 0 Å². The minimum atomic E-state index is -3.62. The molecule has 6 heteroatoms. The smallest absolute Gasteiger partial charge is 0.307 e. The first-order chi connectivity index (χ1) is 7.43. The number of carboxylic acids is 1. The Kier molecular flexibility index (Phi) is 2.46. The zero-order chi connectivity index (χ0) is 11.9. The average Bonchev–Trinajstić information content (AvgIpc) is 2.98. The molecule has 0 bridgehead atoms. The number of halogens is 1. The molecule has 0 radical (unpaired) electrons. The normalized spacial score (nSPS) is 24.1. The van der Waals surface area contributed by atoms with E-state index in [1.165, 1.54) is 0 Å². The quantitative estimate of drug-likeness (QED) is 0.807. The van der Waals surface area contributed by atoms with Crippen LogP contribution in [0.5, 0.6) is 0 Å². The van der Waals surface area contributed by atoms with Crippen molar-refractivity contribution in [3.05, 3.63) is 30.1 Å². The van der Waals surface area contributed by atoms with Crippen LogP contribution in [0.2, 0.25) is 0 Å². The molecule has 2 atom stereocenters. The van der Waals surface area contributed by atoms with Gasteiger partial charge in [-0.25, -0.2) is 12.8 Å². The number of hydrogen-bond donors (Lipinski definition) is 1. The Hall–Kier alpha value is -1.43. The summed E-state index contributed by atoms with van der Waals surface area (Å²) in [6.45, 7) is 0. The highest BCUT2D eigenvalue weighted by atomic mass is 32.2. The van der Waals surface area contributed by atoms with Crippen molar-refractivity contribution < 1.29 is 22.7 Å². The van der Waals surface area contributed by atoms with E-state index in [4.69, 9.17) is 5.11 Å². The van der Waals surface area contributed by atoms with E-state index in [1.54, 1.807) is 0 Å². The van der Waals surface area contributed by atoms with Gasteiger partial charge in [0.15, 0.2) is 9.84 Å². The van der Waals surface area contributed by atoms with Crippen LogP contribution >= 0.6 is 0 Å². The summed E-state index contributed by atoms with van der Waals surface area (Å²) in [5.74, 6) is -2.45. The molecule has 0 aliphatic heterocycles. The minimum Gasteiger partial charge on any atom is -0.481 e. The predicted molar refractivity (Wildman–Crippen MR) is 53.1 cm³/mol. The third-order valence-electron chi connectivity index (χ3n) is 2.59. The summed E-state index contributed by atoms with van der Waals surface area (Å²) in [5.41, 5.74) is 0. The molecule has 16 heavy (non-hydrogen) atoms. The maximum atomic E-state index is 12.6. The molecule has 2 unspecified atom stereocenters. The van der Waals surface area contributed by atoms with Crippen LogP contribution < -0.4 is 0 Å². The van der Waals surface area contributed by atoms with Crippen molar-refractivity contribution in [1.82, 2.24) is 0 Å². The van der Waals surface area contributed by atoms with E-state index < -0.39 is 32.8 Å². The van der Waals surface area contributed by atoms with Gasteiger partial charge >= 0.3 is 5.97 Å². The van der Waals surface area contributed by atoms with E-state index in [-0.39, 0.29) is 11.3 Å². The van der Waals surface area contributed by atoms with E-state index >= 15 is 0 Å². The van der Waals surface area contributed by atoms with Crippen LogP contribution in [-0.4, -0.2) is 24.7 Å². The maximum absolute atomic E-state index is 12.6. The van der Waals surface area contributed by atoms with Gasteiger partial charge in [-0.2, -0.15) is 0 Å². The predicted octanol–water partition coefficient (Wildman–Crippen LogP) is 1.07. The van der Waals surface area contributed by atoms with E-state index in [1.807, 2.05) is 0 Å². The average molecular weight is 244 g/mol. The third kappa shape index (κ3) is 1.80. The molecule has 86 valence electrons. The highest BCUT2D eigenvalue weighted by Crippen LogP contribution is 2.40. The SMILES string of the molecule is O=C(O)C1CC1S(=O)(=O)c1ccc(F)cc1. The van der Waals surface area contributed by atoms with Crippen LogP contribution in [0.3, 0.4) is 0 Å². The lowest BCUT2D eigenvalue weighted by atomic mass is 10.4. The topological polar surface area (TPSA) is 71.4 Å². The van der Waals surface area contributed by atoms with Crippen molar-refractivity contribution in [2.45, 2.75) is 16.6 Å². The monoisotopic (exact) mass is 244 g/mol. The van der Waals surface area contributed by atoms with Crippen molar-refractivity contribution in [1.29, 1.82) is 0 Å². The van der Waals surface area contributed by atoms with Crippen LogP contribution in [0.4, 0.5) is 4.39 Å². The Morgan fingerprint density at radius 1 is 1.31 bits per heavy atom. The lowest BCUT2D eigenvalue weighted by Crippen LogP contribution is -2.13. The number of carbonyl (C=O) groups is 1. The molecule has 0 saturated heterocycles. The molecule has 0 heterocycles. The Morgan fingerprint density at radius 2 is 1.88 bits per heavy atom. The van der Waals surface area contributed by atoms with Crippen LogP contribution in [0, 0.1) is 11.7 Å². The van der Waals surface area contributed by atoms with Gasteiger partial charge in [0.25, 0.3) is 0 Å². The van der Waals surface area contributed by atoms with Gasteiger partial charge in [-0.05, 0) is 30.7 Å². The summed E-state index contributed by atoms with van der Waals surface area (Å²) in [6.07, 6.45) is 0.134. The first-order valence-corrected chi connectivity index (χ1v) is 6.20. The first kappa shape index (κ1) is 11.1. The highest BCUT2D eigenvalue weighted by Gasteiger charge is 2.52. The van der Waals surface area contributed by atoms with Gasteiger partial charge < -0.3 is 5.11 Å². The second-order valence-corrected chi connectivity index (χ2v) is 5.88. The fourth-order valence-corrected chi connectivity index (χ4v) is 3.45. The summed E-state index contributed by atoms with van der Waals surface area (Å²) in [5, 5.41) is 7.79. The molecule has 2 rings (SSSR count). The van der Waals surface area contributed by atoms with Crippen LogP contribution in [0.25, 0.3) is 0 Å². The molecular weight excluding hydrogens is 235 g/mol. The minimum absolute atomic E-state index is 0.0253. The molecule has 1 aliphatic carbocycles. The number of rotatable bonds is 3. The number of benzene rings is 1. The second kappa shape index (κ2) is 3.55. The van der Waals surface area contributed by atoms with Gasteiger partial charge in [-0.15, -0.1) is 0 Å². The molecule has 1 saturated carbocycles. The number of sulfone groups is 1. The summed E-state index contributed by atoms with van der Waals surface area (Å²) >= 11 is 0. The fraction of sp³-hybridized carbons (Fsp3) is 0.300. The molecule has 1 aromatic carbocycles. The van der Waals surface area contributed by atoms with E-state index in [2.05, 4.69) is 0 Å². The lowest BCUT2D eigenvalue weighted by molar-refractivity contribution is -0.138. The standard InChI is InChI=1S/C10H9FO4S/c11-6-1-3-7(4-2-6)16(14,15)9-5-8(9)10(12)13/h1-4,8-9H,5H2,(H,12,13). The molecule has 1 N–H and O–H groups in total. The van der Waals surface area contributed by atoms with Crippen LogP contribution in [-0.2, 0) is 14.6 Å². The molecule has 4 nitrogen and oxygen atoms in total. The zero-order valence-electron chi connectivity index (χ0n) is 8.13. The van der Waals surface area contributed by atoms with Gasteiger partial charge in [-0.1, -0.05) is 0 Å². The summed E-state index contributed by atoms with van der Waals surface area (Å²) < 4.78 is 36.3. The molecule has 1 fully saturated rings. The van der Waals surface area contributed by atoms with E-state index in [9.17, 15) is 17.6 Å². The van der Waals surface area contributed by atoms with Crippen molar-refractivity contribution in [3.63, 3.8) is 0 Å². The number of hydrogen-bond acceptors (Lipinski definition) is 3. The highest BCUT2D eigenvalue weighted by molar-refractivity contribution is 7.92. The van der Waals surface area contributed by atoms with Gasteiger partial charge in [0.05, 0.1) is 16.1 Å². The Morgan fingerprint density at radius 3 is 2.31 bits per heavy atom. The van der Waals surface area contributed by atoms with Gasteiger partial charge in [-0.3, -0.25) is 4.79 Å². The third-order valence-corrected chi connectivity index (χ3v) is 4.84. The molecule has 0 spiro atoms. The number of aliphatic carboxylic acids is 1. The largest absolute Gasteiger partial charge is 0.481 e. The molecule has 0 amide bonds. The van der Waals surface area contributed by atoms with Crippen LogP contribution in [0.1, 0.15) is 6.42 Å². The van der Waals surface area contributed by atoms with Crippen molar-refractivity contribution >= 4 is 15.8 Å². The van der Waals surface area contributed by atoms with Crippen molar-refractivity contribution in [2.75, 3.05) is 0 Å². The fourth-order valence-electron chi connectivity index (χ4n) is 1.57. The molecule has 1 aromatic rings. The Bertz CT molecular complexity index is 520. The Balaban J connectivity index is 2.28. The summed E-state index contributed by atoms with van der Waals surface area (Å²) in [6, 6.07) is 4.40. The summed E-state index contributed by atoms with van der Waals surface area (Å²) in [4.78, 5) is 10.6. The first-order valence-electron chi connectivity index (χ1n) is 4.65. The summed E-state index contributed by atoms with van der Waals surface area (Å²) in [7, 11) is -3.62. The molecular formula is C10H9FO4S. The lowest BCUT2D eigenvalue weighted by Gasteiger charge is -2.02.